The number of nitrogens with zero attached hydrogens (tertiary/aromatic N) is 1. The quantitative estimate of drug-likeness (QED) is 0.863. The maximum atomic E-state index is 5.71. The lowest BCUT2D eigenvalue weighted by molar-refractivity contribution is 0.125. The van der Waals surface area contributed by atoms with E-state index in [4.69, 9.17) is 4.42 Å². The van der Waals surface area contributed by atoms with Gasteiger partial charge >= 0.3 is 0 Å². The van der Waals surface area contributed by atoms with Gasteiger partial charge in [0.1, 0.15) is 5.76 Å². The van der Waals surface area contributed by atoms with E-state index in [0.717, 1.165) is 37.2 Å². The highest BCUT2D eigenvalue weighted by Crippen LogP contribution is 2.23. The third-order valence-electron chi connectivity index (χ3n) is 4.02. The van der Waals surface area contributed by atoms with Crippen molar-refractivity contribution in [3.8, 4) is 0 Å². The Kier molecular flexibility index (Phi) is 5.67. The molecule has 0 aromatic carbocycles. The van der Waals surface area contributed by atoms with Gasteiger partial charge in [0.25, 0.3) is 0 Å². The summed E-state index contributed by atoms with van der Waals surface area (Å²) in [6.45, 7) is 14.5. The van der Waals surface area contributed by atoms with Gasteiger partial charge in [-0.25, -0.2) is 0 Å². The third-order valence-corrected chi connectivity index (χ3v) is 4.02. The third kappa shape index (κ3) is 4.64. The number of nitrogens with one attached hydrogen (secondary N) is 1. The summed E-state index contributed by atoms with van der Waals surface area (Å²) >= 11 is 0. The van der Waals surface area contributed by atoms with E-state index in [1.54, 1.807) is 0 Å². The fourth-order valence-electron chi connectivity index (χ4n) is 3.28. The average Bonchev–Trinajstić information content (AvgIpc) is 2.75. The molecule has 0 bridgehead atoms. The van der Waals surface area contributed by atoms with Crippen LogP contribution in [0.4, 0.5) is 0 Å². The molecule has 2 rings (SSSR count). The molecule has 20 heavy (non-hydrogen) atoms. The highest BCUT2D eigenvalue weighted by molar-refractivity contribution is 5.17. The van der Waals surface area contributed by atoms with E-state index in [1.165, 1.54) is 25.1 Å². The Bertz CT molecular complexity index is 389. The van der Waals surface area contributed by atoms with Crippen LogP contribution in [0.15, 0.2) is 16.7 Å². The van der Waals surface area contributed by atoms with Crippen molar-refractivity contribution in [2.45, 2.75) is 47.2 Å². The molecule has 0 amide bonds. The van der Waals surface area contributed by atoms with Crippen molar-refractivity contribution in [1.82, 2.24) is 10.2 Å². The first-order chi connectivity index (χ1) is 9.54. The van der Waals surface area contributed by atoms with Gasteiger partial charge in [-0.15, -0.1) is 0 Å². The Morgan fingerprint density at radius 1 is 1.30 bits per heavy atom. The van der Waals surface area contributed by atoms with Gasteiger partial charge in [-0.05, 0) is 36.8 Å². The Morgan fingerprint density at radius 2 is 2.00 bits per heavy atom. The zero-order chi connectivity index (χ0) is 14.5. The summed E-state index contributed by atoms with van der Waals surface area (Å²) < 4.78 is 5.71. The lowest BCUT2D eigenvalue weighted by Crippen LogP contribution is -2.38. The summed E-state index contributed by atoms with van der Waals surface area (Å²) in [7, 11) is 0. The molecule has 2 heterocycles. The summed E-state index contributed by atoms with van der Waals surface area (Å²) in [6, 6.07) is 2.11. The molecule has 114 valence electrons. The second-order valence-corrected chi connectivity index (χ2v) is 7.03. The standard InChI is InChI=1S/C17H30N2O/c1-13(2)8-18-9-16-5-6-20-17(16)12-19-10-14(3)7-15(4)11-19/h5-6,13-15,18H,7-12H2,1-4H3. The first-order valence-electron chi connectivity index (χ1n) is 8.03. The van der Waals surface area contributed by atoms with E-state index < -0.39 is 0 Å². The van der Waals surface area contributed by atoms with Crippen molar-refractivity contribution in [3.05, 3.63) is 23.7 Å². The van der Waals surface area contributed by atoms with Crippen LogP contribution in [-0.2, 0) is 13.1 Å². The molecule has 3 heteroatoms. The van der Waals surface area contributed by atoms with Gasteiger partial charge in [0.2, 0.25) is 0 Å². The van der Waals surface area contributed by atoms with Crippen molar-refractivity contribution >= 4 is 0 Å². The van der Waals surface area contributed by atoms with Gasteiger partial charge in [-0.2, -0.15) is 0 Å². The predicted octanol–water partition coefficient (Wildman–Crippen LogP) is 3.50. The van der Waals surface area contributed by atoms with Crippen molar-refractivity contribution in [2.24, 2.45) is 17.8 Å². The first-order valence-corrected chi connectivity index (χ1v) is 8.03. The Balaban J connectivity index is 1.88. The topological polar surface area (TPSA) is 28.4 Å². The molecular formula is C17H30N2O. The lowest BCUT2D eigenvalue weighted by atomic mass is 9.92. The van der Waals surface area contributed by atoms with Crippen LogP contribution in [0.25, 0.3) is 0 Å². The van der Waals surface area contributed by atoms with E-state index in [1.807, 2.05) is 6.26 Å². The van der Waals surface area contributed by atoms with Gasteiger partial charge in [-0.1, -0.05) is 27.7 Å². The van der Waals surface area contributed by atoms with Crippen LogP contribution in [0.1, 0.15) is 45.4 Å². The molecule has 1 aliphatic rings. The zero-order valence-electron chi connectivity index (χ0n) is 13.5. The maximum Gasteiger partial charge on any atom is 0.122 e. The van der Waals surface area contributed by atoms with Crippen LogP contribution in [-0.4, -0.2) is 24.5 Å². The molecule has 2 unspecified atom stereocenters. The summed E-state index contributed by atoms with van der Waals surface area (Å²) in [5.74, 6) is 3.43. The molecule has 0 aliphatic carbocycles. The molecule has 0 spiro atoms. The lowest BCUT2D eigenvalue weighted by Gasteiger charge is -2.34. The molecule has 1 aliphatic heterocycles. The summed E-state index contributed by atoms with van der Waals surface area (Å²) in [6.07, 6.45) is 3.19. The fourth-order valence-corrected chi connectivity index (χ4v) is 3.28. The minimum atomic E-state index is 0.689. The van der Waals surface area contributed by atoms with Crippen molar-refractivity contribution in [2.75, 3.05) is 19.6 Å². The van der Waals surface area contributed by atoms with Crippen LogP contribution in [0.5, 0.6) is 0 Å². The van der Waals surface area contributed by atoms with Crippen LogP contribution in [0.3, 0.4) is 0 Å². The van der Waals surface area contributed by atoms with Gasteiger partial charge in [0.15, 0.2) is 0 Å². The number of furan rings is 1. The average molecular weight is 278 g/mol. The molecule has 1 saturated heterocycles. The number of likely N-dealkylation sites (tertiary alicyclic amines) is 1. The Morgan fingerprint density at radius 3 is 2.65 bits per heavy atom. The normalized spacial score (nSPS) is 24.4. The number of piperidine rings is 1. The number of hydrogen-bond donors (Lipinski definition) is 1. The maximum absolute atomic E-state index is 5.71. The summed E-state index contributed by atoms with van der Waals surface area (Å²) in [5, 5.41) is 3.50. The van der Waals surface area contributed by atoms with Gasteiger partial charge in [-0.3, -0.25) is 4.90 Å². The van der Waals surface area contributed by atoms with E-state index in [0.29, 0.717) is 5.92 Å². The van der Waals surface area contributed by atoms with Crippen LogP contribution >= 0.6 is 0 Å². The molecule has 1 fully saturated rings. The summed E-state index contributed by atoms with van der Waals surface area (Å²) in [5.41, 5.74) is 1.32. The molecule has 0 radical (unpaired) electrons. The molecule has 0 saturated carbocycles. The molecular weight excluding hydrogens is 248 g/mol. The number of hydrogen-bond acceptors (Lipinski definition) is 3. The zero-order valence-corrected chi connectivity index (χ0v) is 13.5. The highest BCUT2D eigenvalue weighted by Gasteiger charge is 2.23. The van der Waals surface area contributed by atoms with Crippen molar-refractivity contribution < 1.29 is 4.42 Å². The SMILES string of the molecule is CC(C)CNCc1ccoc1CN1CC(C)CC(C)C1. The van der Waals surface area contributed by atoms with E-state index in [-0.39, 0.29) is 0 Å². The molecule has 1 aromatic rings. The predicted molar refractivity (Wildman–Crippen MR) is 83.5 cm³/mol. The largest absolute Gasteiger partial charge is 0.468 e. The minimum Gasteiger partial charge on any atom is -0.468 e. The Hall–Kier alpha value is -0.800. The second kappa shape index (κ2) is 7.28. The molecule has 1 N–H and O–H groups in total. The Labute approximate surface area is 123 Å². The summed E-state index contributed by atoms with van der Waals surface area (Å²) in [4.78, 5) is 2.55. The van der Waals surface area contributed by atoms with E-state index in [9.17, 15) is 0 Å². The van der Waals surface area contributed by atoms with Crippen molar-refractivity contribution in [3.63, 3.8) is 0 Å². The molecule has 3 nitrogen and oxygen atoms in total. The van der Waals surface area contributed by atoms with Crippen LogP contribution < -0.4 is 5.32 Å². The fraction of sp³-hybridized carbons (Fsp3) is 0.765. The van der Waals surface area contributed by atoms with Gasteiger partial charge < -0.3 is 9.73 Å². The molecule has 1 aromatic heterocycles. The highest BCUT2D eigenvalue weighted by atomic mass is 16.3. The first kappa shape index (κ1) is 15.6. The van der Waals surface area contributed by atoms with Gasteiger partial charge in [0, 0.05) is 25.2 Å². The van der Waals surface area contributed by atoms with E-state index >= 15 is 0 Å². The van der Waals surface area contributed by atoms with Gasteiger partial charge in [0.05, 0.1) is 12.8 Å². The van der Waals surface area contributed by atoms with Crippen LogP contribution in [0, 0.1) is 17.8 Å². The second-order valence-electron chi connectivity index (χ2n) is 7.03. The number of rotatable bonds is 6. The van der Waals surface area contributed by atoms with E-state index in [2.05, 4.69) is 44.0 Å². The monoisotopic (exact) mass is 278 g/mol. The molecule has 2 atom stereocenters. The van der Waals surface area contributed by atoms with Crippen molar-refractivity contribution in [1.29, 1.82) is 0 Å². The van der Waals surface area contributed by atoms with Crippen LogP contribution in [0.2, 0.25) is 0 Å². The smallest absolute Gasteiger partial charge is 0.122 e. The minimum absolute atomic E-state index is 0.689.